The molecular formula is C15H28N2S. The van der Waals surface area contributed by atoms with E-state index in [1.807, 2.05) is 11.8 Å². The van der Waals surface area contributed by atoms with Gasteiger partial charge in [-0.05, 0) is 38.0 Å². The second-order valence-corrected chi connectivity index (χ2v) is 7.91. The minimum absolute atomic E-state index is 0.267. The van der Waals surface area contributed by atoms with Gasteiger partial charge in [0.1, 0.15) is 0 Å². The second-order valence-electron chi connectivity index (χ2n) is 6.82. The van der Waals surface area contributed by atoms with Crippen molar-refractivity contribution in [2.45, 2.75) is 77.8 Å². The number of hydrogen-bond acceptors (Lipinski definition) is 2. The Labute approximate surface area is 116 Å². The number of nitrogens with zero attached hydrogens (tertiary/aromatic N) is 1. The first-order valence-corrected chi connectivity index (χ1v) is 8.42. The lowest BCUT2D eigenvalue weighted by atomic mass is 9.73. The molecule has 2 nitrogen and oxygen atoms in total. The average Bonchev–Trinajstić information content (AvgIpc) is 2.32. The van der Waals surface area contributed by atoms with Crippen LogP contribution in [-0.4, -0.2) is 22.5 Å². The molecule has 0 bridgehead atoms. The highest BCUT2D eigenvalue weighted by molar-refractivity contribution is 8.13. The molecular weight excluding hydrogens is 240 g/mol. The Hall–Kier alpha value is -0.180. The molecule has 0 spiro atoms. The molecule has 1 aliphatic carbocycles. The average molecular weight is 268 g/mol. The summed E-state index contributed by atoms with van der Waals surface area (Å²) in [7, 11) is 0. The Bertz CT molecular complexity index is 324. The molecule has 2 unspecified atom stereocenters. The van der Waals surface area contributed by atoms with Crippen LogP contribution in [-0.2, 0) is 0 Å². The molecule has 1 saturated carbocycles. The molecule has 1 aliphatic heterocycles. The van der Waals surface area contributed by atoms with Gasteiger partial charge in [-0.15, -0.1) is 0 Å². The third kappa shape index (κ3) is 3.23. The number of hydrogen-bond donors (Lipinski definition) is 1. The van der Waals surface area contributed by atoms with E-state index in [9.17, 15) is 0 Å². The molecule has 2 fully saturated rings. The number of amidine groups is 1. The highest BCUT2D eigenvalue weighted by Crippen LogP contribution is 2.38. The fourth-order valence-corrected chi connectivity index (χ4v) is 4.19. The van der Waals surface area contributed by atoms with Crippen molar-refractivity contribution >= 4 is 16.9 Å². The van der Waals surface area contributed by atoms with E-state index in [2.05, 4.69) is 33.0 Å². The van der Waals surface area contributed by atoms with Crippen molar-refractivity contribution in [2.24, 2.45) is 10.4 Å². The van der Waals surface area contributed by atoms with E-state index in [-0.39, 0.29) is 5.54 Å². The summed E-state index contributed by atoms with van der Waals surface area (Å²) in [5.41, 5.74) is 0.649. The monoisotopic (exact) mass is 268 g/mol. The predicted molar refractivity (Wildman–Crippen MR) is 82.4 cm³/mol. The summed E-state index contributed by atoms with van der Waals surface area (Å²) < 4.78 is 0. The Morgan fingerprint density at radius 2 is 2.06 bits per heavy atom. The third-order valence-corrected chi connectivity index (χ3v) is 5.69. The van der Waals surface area contributed by atoms with Gasteiger partial charge in [-0.1, -0.05) is 45.4 Å². The molecule has 0 aromatic heterocycles. The molecule has 104 valence electrons. The maximum atomic E-state index is 5.06. The van der Waals surface area contributed by atoms with Crippen molar-refractivity contribution in [2.75, 3.05) is 5.75 Å². The van der Waals surface area contributed by atoms with Crippen LogP contribution in [0.15, 0.2) is 4.99 Å². The van der Waals surface area contributed by atoms with E-state index in [1.165, 1.54) is 49.4 Å². The molecule has 0 aromatic rings. The molecule has 1 N–H and O–H groups in total. The summed E-state index contributed by atoms with van der Waals surface area (Å²) >= 11 is 1.91. The quantitative estimate of drug-likeness (QED) is 0.811. The predicted octanol–water partition coefficient (Wildman–Crippen LogP) is 4.21. The largest absolute Gasteiger partial charge is 0.360 e. The SMILES string of the molecule is CCC1(C)CCSC(=NC2CCCCC2(C)C)N1. The zero-order chi connectivity index (χ0) is 13.2. The lowest BCUT2D eigenvalue weighted by Crippen LogP contribution is -2.49. The molecule has 2 rings (SSSR count). The lowest BCUT2D eigenvalue weighted by molar-refractivity contribution is 0.203. The molecule has 3 heteroatoms. The normalized spacial score (nSPS) is 38.4. The molecule has 18 heavy (non-hydrogen) atoms. The van der Waals surface area contributed by atoms with Gasteiger partial charge in [0.15, 0.2) is 5.17 Å². The highest BCUT2D eigenvalue weighted by atomic mass is 32.2. The van der Waals surface area contributed by atoms with Crippen LogP contribution in [0.1, 0.15) is 66.2 Å². The summed E-state index contributed by atoms with van der Waals surface area (Å²) in [6.45, 7) is 9.36. The Balaban J connectivity index is 2.07. The highest BCUT2D eigenvalue weighted by Gasteiger charge is 2.34. The molecule has 0 amide bonds. The molecule has 1 heterocycles. The van der Waals surface area contributed by atoms with Crippen molar-refractivity contribution in [1.29, 1.82) is 0 Å². The first kappa shape index (κ1) is 14.2. The van der Waals surface area contributed by atoms with Crippen molar-refractivity contribution in [3.05, 3.63) is 0 Å². The van der Waals surface area contributed by atoms with Gasteiger partial charge in [0.25, 0.3) is 0 Å². The second kappa shape index (κ2) is 5.44. The number of nitrogens with one attached hydrogen (secondary N) is 1. The van der Waals surface area contributed by atoms with E-state index in [1.54, 1.807) is 0 Å². The molecule has 2 atom stereocenters. The molecule has 0 radical (unpaired) electrons. The zero-order valence-electron chi connectivity index (χ0n) is 12.4. The Kier molecular flexibility index (Phi) is 4.30. The van der Waals surface area contributed by atoms with Crippen molar-refractivity contribution in [3.63, 3.8) is 0 Å². The van der Waals surface area contributed by atoms with Crippen LogP contribution in [0.3, 0.4) is 0 Å². The van der Waals surface area contributed by atoms with Gasteiger partial charge in [-0.25, -0.2) is 0 Å². The smallest absolute Gasteiger partial charge is 0.157 e. The summed E-state index contributed by atoms with van der Waals surface area (Å²) in [4.78, 5) is 5.06. The third-order valence-electron chi connectivity index (χ3n) is 4.81. The van der Waals surface area contributed by atoms with Gasteiger partial charge in [-0.3, -0.25) is 4.99 Å². The van der Waals surface area contributed by atoms with Crippen LogP contribution in [0.4, 0.5) is 0 Å². The van der Waals surface area contributed by atoms with E-state index in [0.29, 0.717) is 11.5 Å². The molecule has 0 aromatic carbocycles. The van der Waals surface area contributed by atoms with Crippen LogP contribution in [0.5, 0.6) is 0 Å². The fourth-order valence-electron chi connectivity index (χ4n) is 2.92. The molecule has 2 aliphatic rings. The van der Waals surface area contributed by atoms with Crippen LogP contribution >= 0.6 is 11.8 Å². The summed E-state index contributed by atoms with van der Waals surface area (Å²) in [5, 5.41) is 4.88. The van der Waals surface area contributed by atoms with Crippen molar-refractivity contribution in [1.82, 2.24) is 5.32 Å². The van der Waals surface area contributed by atoms with E-state index in [4.69, 9.17) is 4.99 Å². The standard InChI is InChI=1S/C15H28N2S/c1-5-15(4)10-11-18-13(17-15)16-12-8-6-7-9-14(12,2)3/h12H,5-11H2,1-4H3,(H,16,17). The molecule has 1 saturated heterocycles. The summed E-state index contributed by atoms with van der Waals surface area (Å²) in [5.74, 6) is 1.21. The van der Waals surface area contributed by atoms with Crippen LogP contribution in [0, 0.1) is 5.41 Å². The maximum Gasteiger partial charge on any atom is 0.157 e. The minimum Gasteiger partial charge on any atom is -0.360 e. The summed E-state index contributed by atoms with van der Waals surface area (Å²) in [6, 6.07) is 0.514. The zero-order valence-corrected chi connectivity index (χ0v) is 13.2. The van der Waals surface area contributed by atoms with Crippen molar-refractivity contribution < 1.29 is 0 Å². The van der Waals surface area contributed by atoms with Crippen LogP contribution in [0.25, 0.3) is 0 Å². The van der Waals surface area contributed by atoms with E-state index < -0.39 is 0 Å². The van der Waals surface area contributed by atoms with Gasteiger partial charge in [0.2, 0.25) is 0 Å². The Morgan fingerprint density at radius 1 is 1.28 bits per heavy atom. The van der Waals surface area contributed by atoms with Gasteiger partial charge >= 0.3 is 0 Å². The Morgan fingerprint density at radius 3 is 2.72 bits per heavy atom. The minimum atomic E-state index is 0.267. The fraction of sp³-hybridized carbons (Fsp3) is 0.933. The maximum absolute atomic E-state index is 5.06. The summed E-state index contributed by atoms with van der Waals surface area (Å²) in [6.07, 6.45) is 7.75. The van der Waals surface area contributed by atoms with Gasteiger partial charge in [0, 0.05) is 11.3 Å². The number of thioether (sulfide) groups is 1. The van der Waals surface area contributed by atoms with Crippen molar-refractivity contribution in [3.8, 4) is 0 Å². The van der Waals surface area contributed by atoms with E-state index >= 15 is 0 Å². The van der Waals surface area contributed by atoms with Gasteiger partial charge in [-0.2, -0.15) is 0 Å². The van der Waals surface area contributed by atoms with Crippen LogP contribution < -0.4 is 5.32 Å². The van der Waals surface area contributed by atoms with Gasteiger partial charge < -0.3 is 5.32 Å². The number of rotatable bonds is 2. The lowest BCUT2D eigenvalue weighted by Gasteiger charge is -2.39. The topological polar surface area (TPSA) is 24.4 Å². The van der Waals surface area contributed by atoms with Crippen LogP contribution in [0.2, 0.25) is 0 Å². The van der Waals surface area contributed by atoms with E-state index in [0.717, 1.165) is 0 Å². The first-order chi connectivity index (χ1) is 8.45. The number of aliphatic imine (C=N–C) groups is 1. The van der Waals surface area contributed by atoms with Gasteiger partial charge in [0.05, 0.1) is 6.04 Å². The first-order valence-electron chi connectivity index (χ1n) is 7.44.